The van der Waals surface area contributed by atoms with E-state index in [1.807, 2.05) is 18.2 Å². The number of amides is 1. The lowest BCUT2D eigenvalue weighted by atomic mass is 9.46. The summed E-state index contributed by atoms with van der Waals surface area (Å²) in [5.74, 6) is -4.41. The lowest BCUT2D eigenvalue weighted by molar-refractivity contribution is -0.175. The van der Waals surface area contributed by atoms with Crippen LogP contribution in [0.25, 0.3) is 16.9 Å². The van der Waals surface area contributed by atoms with Crippen LogP contribution in [0, 0.1) is 10.8 Å². The zero-order valence-corrected chi connectivity index (χ0v) is 29.1. The first-order valence-corrected chi connectivity index (χ1v) is 16.8. The Morgan fingerprint density at radius 3 is 2.30 bits per heavy atom. The molecule has 3 aliphatic carbocycles. The predicted octanol–water partition coefficient (Wildman–Crippen LogP) is 1.53. The summed E-state index contributed by atoms with van der Waals surface area (Å²) in [7, 11) is 4.77. The summed E-state index contributed by atoms with van der Waals surface area (Å²) in [6.07, 6.45) is 0.0789. The van der Waals surface area contributed by atoms with Crippen molar-refractivity contribution in [1.82, 2.24) is 14.7 Å². The Kier molecular flexibility index (Phi) is 8.89. The fourth-order valence-electron chi connectivity index (χ4n) is 9.22. The highest BCUT2D eigenvalue weighted by atomic mass is 16.5. The molecule has 13 nitrogen and oxygen atoms in total. The molecule has 1 heterocycles. The highest BCUT2D eigenvalue weighted by Crippen LogP contribution is 2.63. The number of aliphatic hydroxyl groups excluding tert-OH is 3. The molecule has 2 aromatic carbocycles. The molecule has 268 valence electrons. The molecular weight excluding hydrogens is 644 g/mol. The van der Waals surface area contributed by atoms with Gasteiger partial charge in [-0.25, -0.2) is 0 Å². The van der Waals surface area contributed by atoms with Crippen molar-refractivity contribution in [2.45, 2.75) is 44.9 Å². The second-order valence-corrected chi connectivity index (χ2v) is 14.8. The molecule has 0 unspecified atom stereocenters. The average Bonchev–Trinajstić information content (AvgIpc) is 3.03. The van der Waals surface area contributed by atoms with Gasteiger partial charge in [0.25, 0.3) is 5.91 Å². The Hall–Kier alpha value is -4.27. The van der Waals surface area contributed by atoms with Crippen molar-refractivity contribution < 1.29 is 44.7 Å². The van der Waals surface area contributed by atoms with E-state index in [2.05, 4.69) is 9.80 Å². The first-order chi connectivity index (χ1) is 23.5. The van der Waals surface area contributed by atoms with E-state index in [9.17, 15) is 39.9 Å². The highest BCUT2D eigenvalue weighted by Gasteiger charge is 2.72. The molecule has 7 N–H and O–H groups in total. The third kappa shape index (κ3) is 5.13. The topological polar surface area (TPSA) is 197 Å². The molecule has 4 atom stereocenters. The number of carbonyl (C=O) groups excluding carboxylic acids is 3. The van der Waals surface area contributed by atoms with Crippen LogP contribution in [0.15, 0.2) is 47.2 Å². The smallest absolute Gasteiger partial charge is 0.255 e. The zero-order valence-electron chi connectivity index (χ0n) is 29.1. The number of phenolic OH excluding ortho intramolecular Hbond substituents is 1. The van der Waals surface area contributed by atoms with E-state index in [1.54, 1.807) is 34.2 Å². The molecule has 4 aliphatic rings. The molecule has 1 amide bonds. The van der Waals surface area contributed by atoms with E-state index in [0.717, 1.165) is 37.3 Å². The van der Waals surface area contributed by atoms with Gasteiger partial charge in [-0.3, -0.25) is 29.1 Å². The average molecular weight is 691 g/mol. The number of methoxy groups -OCH3 is 1. The molecule has 0 radical (unpaired) electrons. The quantitative estimate of drug-likeness (QED) is 0.219. The number of phenols is 1. The monoisotopic (exact) mass is 690 g/mol. The minimum atomic E-state index is -2.78. The number of benzene rings is 2. The van der Waals surface area contributed by atoms with E-state index in [1.165, 1.54) is 17.9 Å². The van der Waals surface area contributed by atoms with Crippen molar-refractivity contribution in [3.8, 4) is 22.6 Å². The number of primary amides is 1. The van der Waals surface area contributed by atoms with Gasteiger partial charge in [0, 0.05) is 61.2 Å². The van der Waals surface area contributed by atoms with Gasteiger partial charge < -0.3 is 36.0 Å². The predicted molar refractivity (Wildman–Crippen MR) is 184 cm³/mol. The molecule has 50 heavy (non-hydrogen) atoms. The van der Waals surface area contributed by atoms with Crippen LogP contribution in [-0.2, 0) is 27.3 Å². The number of ketones is 2. The zero-order chi connectivity index (χ0) is 36.5. The molecule has 2 fully saturated rings. The van der Waals surface area contributed by atoms with Crippen LogP contribution < -0.4 is 10.5 Å². The Bertz CT molecular complexity index is 1850. The number of β-amino-alcohol motifs (C(OH)–C–C–N with tert-alkyl or cyclic N) is 1. The number of fused-ring (bicyclic) bond motifs is 3. The SMILES string of the molecule is COc1ccc(-c2ccc(O)c3c2C[C@@]2(C)C[C@@]4(C)[C@H](N(C)C)C(=O)C(C(N)=O)=C(O)[C@@]4(O)C(=O)C2=C3O)cc1CN1CCN(CCO)CC1. The van der Waals surface area contributed by atoms with Crippen LogP contribution in [-0.4, -0.2) is 130 Å². The lowest BCUT2D eigenvalue weighted by Gasteiger charge is -2.59. The van der Waals surface area contributed by atoms with E-state index in [4.69, 9.17) is 10.5 Å². The standard InChI is InChI=1S/C37H46N4O9/c1-35-17-23-22(20-6-9-25(50-5)21(16-20)18-41-12-10-40(11-13-41)14-15-42)7-8-24(43)26(23)29(44)28(35)33(47)37(49)32(46)27(34(38)48)30(45)31(39(3)4)36(37,2)19-35/h6-9,16,31,42-44,46,49H,10-15,17-19H2,1-5H3,(H2,38,48)/t31-,35+,36+,37-/m1/s1. The molecule has 0 aromatic heterocycles. The number of aromatic hydroxyl groups is 1. The Balaban J connectivity index is 1.47. The van der Waals surface area contributed by atoms with Crippen molar-refractivity contribution in [3.63, 3.8) is 0 Å². The molecule has 0 spiro atoms. The molecule has 1 saturated carbocycles. The minimum Gasteiger partial charge on any atom is -0.508 e. The van der Waals surface area contributed by atoms with Gasteiger partial charge in [-0.15, -0.1) is 0 Å². The van der Waals surface area contributed by atoms with E-state index >= 15 is 0 Å². The summed E-state index contributed by atoms with van der Waals surface area (Å²) >= 11 is 0. The fraction of sp³-hybridized carbons (Fsp3) is 0.486. The van der Waals surface area contributed by atoms with Gasteiger partial charge in [0.15, 0.2) is 11.4 Å². The van der Waals surface area contributed by atoms with Gasteiger partial charge in [-0.1, -0.05) is 26.0 Å². The number of ether oxygens (including phenoxy) is 1. The fourth-order valence-corrected chi connectivity index (χ4v) is 9.22. The molecule has 13 heteroatoms. The van der Waals surface area contributed by atoms with Crippen LogP contribution in [0.5, 0.6) is 11.5 Å². The summed E-state index contributed by atoms with van der Waals surface area (Å²) in [6, 6.07) is 7.77. The number of piperazine rings is 1. The molecule has 0 bridgehead atoms. The van der Waals surface area contributed by atoms with Crippen molar-refractivity contribution in [2.75, 3.05) is 60.5 Å². The van der Waals surface area contributed by atoms with Crippen LogP contribution in [0.1, 0.15) is 37.0 Å². The van der Waals surface area contributed by atoms with Gasteiger partial charge in [0.1, 0.15) is 28.6 Å². The maximum absolute atomic E-state index is 14.6. The number of nitrogens with two attached hydrogens (primary N) is 1. The van der Waals surface area contributed by atoms with Crippen LogP contribution in [0.2, 0.25) is 0 Å². The van der Waals surface area contributed by atoms with Gasteiger partial charge in [-0.05, 0) is 61.8 Å². The highest BCUT2D eigenvalue weighted by molar-refractivity contribution is 6.25. The molecule has 2 aromatic rings. The van der Waals surface area contributed by atoms with E-state index in [-0.39, 0.29) is 36.3 Å². The van der Waals surface area contributed by atoms with Crippen molar-refractivity contribution in [3.05, 3.63) is 63.9 Å². The summed E-state index contributed by atoms with van der Waals surface area (Å²) in [5.41, 5.74) is 1.86. The summed E-state index contributed by atoms with van der Waals surface area (Å²) < 4.78 is 5.72. The van der Waals surface area contributed by atoms with Gasteiger partial charge in [-0.2, -0.15) is 0 Å². The lowest BCUT2D eigenvalue weighted by Crippen LogP contribution is -2.72. The van der Waals surface area contributed by atoms with Gasteiger partial charge in [0.05, 0.1) is 25.3 Å². The van der Waals surface area contributed by atoms with Crippen molar-refractivity contribution >= 4 is 23.2 Å². The molecule has 6 rings (SSSR count). The number of nitrogens with zero attached hydrogens (tertiary/aromatic N) is 3. The first kappa shape index (κ1) is 35.6. The summed E-state index contributed by atoms with van der Waals surface area (Å²) in [4.78, 5) is 46.7. The first-order valence-electron chi connectivity index (χ1n) is 16.8. The van der Waals surface area contributed by atoms with Crippen LogP contribution >= 0.6 is 0 Å². The number of rotatable bonds is 8. The maximum atomic E-state index is 14.6. The van der Waals surface area contributed by atoms with E-state index < -0.39 is 57.0 Å². The van der Waals surface area contributed by atoms with Gasteiger partial charge >= 0.3 is 0 Å². The summed E-state index contributed by atoms with van der Waals surface area (Å²) in [5, 5.41) is 55.9. The Labute approximate surface area is 290 Å². The second kappa shape index (κ2) is 12.5. The third-order valence-corrected chi connectivity index (χ3v) is 11.4. The Morgan fingerprint density at radius 2 is 1.70 bits per heavy atom. The third-order valence-electron chi connectivity index (χ3n) is 11.4. The normalized spacial score (nSPS) is 28.8. The van der Waals surface area contributed by atoms with E-state index in [0.29, 0.717) is 30.0 Å². The Morgan fingerprint density at radius 1 is 1.04 bits per heavy atom. The number of hydrogen-bond acceptors (Lipinski definition) is 12. The number of carbonyl (C=O) groups is 3. The van der Waals surface area contributed by atoms with Gasteiger partial charge in [0.2, 0.25) is 5.78 Å². The molecule has 1 saturated heterocycles. The van der Waals surface area contributed by atoms with Crippen LogP contribution in [0.4, 0.5) is 0 Å². The molecule has 1 aliphatic heterocycles. The maximum Gasteiger partial charge on any atom is 0.255 e. The van der Waals surface area contributed by atoms with Crippen molar-refractivity contribution in [2.24, 2.45) is 16.6 Å². The summed E-state index contributed by atoms with van der Waals surface area (Å²) in [6.45, 7) is 7.99. The van der Waals surface area contributed by atoms with Crippen LogP contribution in [0.3, 0.4) is 0 Å². The number of Topliss-reactive ketones (excluding diaryl/α,β-unsaturated/α-hetero) is 2. The number of likely N-dealkylation sites (N-methyl/N-ethyl adjacent to an activating group) is 1. The second-order valence-electron chi connectivity index (χ2n) is 14.8. The largest absolute Gasteiger partial charge is 0.508 e. The minimum absolute atomic E-state index is 0.0301. The molecular formula is C37H46N4O9. The number of aliphatic hydroxyl groups is 4. The number of hydrogen-bond donors (Lipinski definition) is 6. The van der Waals surface area contributed by atoms with Crippen molar-refractivity contribution in [1.29, 1.82) is 0 Å².